The van der Waals surface area contributed by atoms with Gasteiger partial charge in [0.15, 0.2) is 5.13 Å². The maximum absolute atomic E-state index is 13.5. The fourth-order valence-electron chi connectivity index (χ4n) is 3.22. The lowest BCUT2D eigenvalue weighted by molar-refractivity contribution is 0.0999. The van der Waals surface area contributed by atoms with Gasteiger partial charge >= 0.3 is 0 Å². The van der Waals surface area contributed by atoms with Crippen molar-refractivity contribution in [1.29, 1.82) is 0 Å². The molecule has 0 saturated carbocycles. The van der Waals surface area contributed by atoms with Gasteiger partial charge in [-0.3, -0.25) is 9.69 Å². The first kappa shape index (κ1) is 19.6. The second-order valence-electron chi connectivity index (χ2n) is 6.85. The zero-order valence-electron chi connectivity index (χ0n) is 16.1. The highest BCUT2D eigenvalue weighted by Gasteiger charge is 2.24. The standard InChI is InChI=1S/C24H21ClN2OS/c1-2-3-8-17-13-15-18(16-14-17)27(23(28)19-9-4-5-10-20(19)25)24-26-21-11-6-7-12-22(21)29-24/h4-7,9-16H,2-3,8H2,1H3. The third-order valence-corrected chi connectivity index (χ3v) is 6.15. The van der Waals surface area contributed by atoms with Crippen LogP contribution in [0.5, 0.6) is 0 Å². The number of para-hydroxylation sites is 1. The van der Waals surface area contributed by atoms with Gasteiger partial charge in [0.25, 0.3) is 5.91 Å². The number of thiazole rings is 1. The topological polar surface area (TPSA) is 33.2 Å². The molecule has 4 rings (SSSR count). The molecule has 0 radical (unpaired) electrons. The molecule has 0 bridgehead atoms. The highest BCUT2D eigenvalue weighted by Crippen LogP contribution is 2.35. The van der Waals surface area contributed by atoms with E-state index < -0.39 is 0 Å². The SMILES string of the molecule is CCCCc1ccc(N(C(=O)c2ccccc2Cl)c2nc3ccccc3s2)cc1. The van der Waals surface area contributed by atoms with Crippen LogP contribution in [-0.4, -0.2) is 10.9 Å². The van der Waals surface area contributed by atoms with E-state index in [4.69, 9.17) is 16.6 Å². The molecule has 1 aromatic heterocycles. The van der Waals surface area contributed by atoms with Crippen molar-refractivity contribution in [3.05, 3.63) is 88.9 Å². The molecule has 0 fully saturated rings. The van der Waals surface area contributed by atoms with E-state index in [0.29, 0.717) is 15.7 Å². The Morgan fingerprint density at radius 3 is 2.45 bits per heavy atom. The van der Waals surface area contributed by atoms with E-state index in [1.54, 1.807) is 17.0 Å². The smallest absolute Gasteiger partial charge is 0.266 e. The van der Waals surface area contributed by atoms with E-state index in [-0.39, 0.29) is 5.91 Å². The largest absolute Gasteiger partial charge is 0.268 e. The first-order valence-electron chi connectivity index (χ1n) is 9.71. The minimum absolute atomic E-state index is 0.184. The molecule has 0 spiro atoms. The van der Waals surface area contributed by atoms with E-state index in [1.807, 2.05) is 48.5 Å². The van der Waals surface area contributed by atoms with Gasteiger partial charge in [0, 0.05) is 0 Å². The molecule has 0 aliphatic rings. The van der Waals surface area contributed by atoms with Crippen LogP contribution in [0, 0.1) is 0 Å². The number of fused-ring (bicyclic) bond motifs is 1. The molecule has 0 saturated heterocycles. The summed E-state index contributed by atoms with van der Waals surface area (Å²) in [5.41, 5.74) is 3.40. The number of hydrogen-bond acceptors (Lipinski definition) is 3. The average molecular weight is 421 g/mol. The number of carbonyl (C=O) groups excluding carboxylic acids is 1. The number of aryl methyl sites for hydroxylation is 1. The number of hydrogen-bond donors (Lipinski definition) is 0. The summed E-state index contributed by atoms with van der Waals surface area (Å²) in [6, 6.07) is 23.2. The molecule has 3 nitrogen and oxygen atoms in total. The van der Waals surface area contributed by atoms with E-state index in [9.17, 15) is 4.79 Å². The van der Waals surface area contributed by atoms with Crippen LogP contribution in [0.15, 0.2) is 72.8 Å². The fraction of sp³-hybridized carbons (Fsp3) is 0.167. The lowest BCUT2D eigenvalue weighted by Crippen LogP contribution is -2.26. The van der Waals surface area contributed by atoms with Crippen LogP contribution in [0.3, 0.4) is 0 Å². The van der Waals surface area contributed by atoms with Crippen LogP contribution in [0.25, 0.3) is 10.2 Å². The molecular weight excluding hydrogens is 400 g/mol. The summed E-state index contributed by atoms with van der Waals surface area (Å²) in [7, 11) is 0. The lowest BCUT2D eigenvalue weighted by Gasteiger charge is -2.21. The molecule has 1 amide bonds. The zero-order valence-corrected chi connectivity index (χ0v) is 17.7. The van der Waals surface area contributed by atoms with Crippen molar-refractivity contribution in [3.63, 3.8) is 0 Å². The molecule has 0 N–H and O–H groups in total. The maximum Gasteiger partial charge on any atom is 0.266 e. The van der Waals surface area contributed by atoms with Crippen molar-refractivity contribution in [2.24, 2.45) is 0 Å². The Balaban J connectivity index is 1.78. The summed E-state index contributed by atoms with van der Waals surface area (Å²) in [5.74, 6) is -0.184. The summed E-state index contributed by atoms with van der Waals surface area (Å²) in [6.45, 7) is 2.19. The Hall–Kier alpha value is -2.69. The molecule has 29 heavy (non-hydrogen) atoms. The number of benzene rings is 3. The average Bonchev–Trinajstić information content (AvgIpc) is 3.17. The molecule has 4 aromatic rings. The van der Waals surface area contributed by atoms with E-state index in [1.165, 1.54) is 16.9 Å². The van der Waals surface area contributed by atoms with Gasteiger partial charge in [-0.2, -0.15) is 0 Å². The number of halogens is 1. The normalized spacial score (nSPS) is 11.0. The lowest BCUT2D eigenvalue weighted by atomic mass is 10.1. The molecule has 1 heterocycles. The van der Waals surface area contributed by atoms with Gasteiger partial charge in [-0.05, 0) is 54.8 Å². The third-order valence-electron chi connectivity index (χ3n) is 4.79. The summed E-state index contributed by atoms with van der Waals surface area (Å²) >= 11 is 7.83. The van der Waals surface area contributed by atoms with Gasteiger partial charge in [0.1, 0.15) is 0 Å². The van der Waals surface area contributed by atoms with E-state index in [2.05, 4.69) is 19.1 Å². The van der Waals surface area contributed by atoms with Crippen LogP contribution in [0.2, 0.25) is 5.02 Å². The Bertz CT molecular complexity index is 1100. The van der Waals surface area contributed by atoms with Gasteiger partial charge < -0.3 is 0 Å². The van der Waals surface area contributed by atoms with Crippen LogP contribution in [0.4, 0.5) is 10.8 Å². The molecule has 3 aromatic carbocycles. The maximum atomic E-state index is 13.5. The molecule has 5 heteroatoms. The minimum atomic E-state index is -0.184. The Morgan fingerprint density at radius 2 is 1.72 bits per heavy atom. The van der Waals surface area contributed by atoms with Crippen LogP contribution < -0.4 is 4.90 Å². The third kappa shape index (κ3) is 4.19. The van der Waals surface area contributed by atoms with Crippen molar-refractivity contribution < 1.29 is 4.79 Å². The number of aromatic nitrogens is 1. The highest BCUT2D eigenvalue weighted by atomic mass is 35.5. The Morgan fingerprint density at radius 1 is 1.00 bits per heavy atom. The monoisotopic (exact) mass is 420 g/mol. The highest BCUT2D eigenvalue weighted by molar-refractivity contribution is 7.22. The Kier molecular flexibility index (Phi) is 5.93. The number of rotatable bonds is 6. The van der Waals surface area contributed by atoms with Crippen LogP contribution in [0.1, 0.15) is 35.7 Å². The second-order valence-corrected chi connectivity index (χ2v) is 8.27. The summed E-state index contributed by atoms with van der Waals surface area (Å²) in [4.78, 5) is 19.9. The molecule has 0 aliphatic heterocycles. The fourth-order valence-corrected chi connectivity index (χ4v) is 4.42. The van der Waals surface area contributed by atoms with Gasteiger partial charge in [-0.25, -0.2) is 4.98 Å². The summed E-state index contributed by atoms with van der Waals surface area (Å²) in [5, 5.41) is 1.07. The first-order valence-corrected chi connectivity index (χ1v) is 10.9. The van der Waals surface area contributed by atoms with Gasteiger partial charge in [-0.15, -0.1) is 0 Å². The first-order chi connectivity index (χ1) is 14.2. The van der Waals surface area contributed by atoms with Gasteiger partial charge in [0.2, 0.25) is 0 Å². The molecule has 0 unspecified atom stereocenters. The number of anilines is 2. The van der Waals surface area contributed by atoms with Crippen molar-refractivity contribution in [1.82, 2.24) is 4.98 Å². The van der Waals surface area contributed by atoms with Gasteiger partial charge in [-0.1, -0.05) is 72.7 Å². The number of unbranched alkanes of at least 4 members (excludes halogenated alkanes) is 1. The molecular formula is C24H21ClN2OS. The van der Waals surface area contributed by atoms with Crippen LogP contribution in [-0.2, 0) is 6.42 Å². The number of amides is 1. The Labute approximate surface area is 179 Å². The van der Waals surface area contributed by atoms with Crippen molar-refractivity contribution in [3.8, 4) is 0 Å². The summed E-state index contributed by atoms with van der Waals surface area (Å²) < 4.78 is 1.04. The quantitative estimate of drug-likeness (QED) is 0.328. The van der Waals surface area contributed by atoms with Crippen molar-refractivity contribution in [2.75, 3.05) is 4.90 Å². The minimum Gasteiger partial charge on any atom is -0.268 e. The van der Waals surface area contributed by atoms with Crippen molar-refractivity contribution in [2.45, 2.75) is 26.2 Å². The van der Waals surface area contributed by atoms with E-state index in [0.717, 1.165) is 35.2 Å². The molecule has 0 aliphatic carbocycles. The van der Waals surface area contributed by atoms with Gasteiger partial charge in [0.05, 0.1) is 26.5 Å². The second kappa shape index (κ2) is 8.76. The predicted molar refractivity (Wildman–Crippen MR) is 123 cm³/mol. The number of carbonyl (C=O) groups is 1. The van der Waals surface area contributed by atoms with Crippen molar-refractivity contribution >= 4 is 49.9 Å². The summed E-state index contributed by atoms with van der Waals surface area (Å²) in [6.07, 6.45) is 3.35. The van der Waals surface area contributed by atoms with E-state index >= 15 is 0 Å². The zero-order chi connectivity index (χ0) is 20.2. The molecule has 0 atom stereocenters. The number of nitrogens with zero attached hydrogens (tertiary/aromatic N) is 2. The predicted octanol–water partition coefficient (Wildman–Crippen LogP) is 7.27. The molecule has 146 valence electrons. The van der Waals surface area contributed by atoms with Crippen LogP contribution >= 0.6 is 22.9 Å².